The quantitative estimate of drug-likeness (QED) is 0.458. The molecule has 0 radical (unpaired) electrons. The Balaban J connectivity index is 3.79. The van der Waals surface area contributed by atoms with Crippen LogP contribution >= 0.6 is 0 Å². The third-order valence-corrected chi connectivity index (χ3v) is 1.56. The number of rotatable bonds is 6. The van der Waals surface area contributed by atoms with Crippen LogP contribution in [0, 0.1) is 0 Å². The Hall–Kier alpha value is -1.32. The first-order valence-electron chi connectivity index (χ1n) is 4.33. The molecule has 0 aliphatic rings. The van der Waals surface area contributed by atoms with Crippen molar-refractivity contribution in [3.63, 3.8) is 0 Å². The Morgan fingerprint density at radius 3 is 2.69 bits per heavy atom. The van der Waals surface area contributed by atoms with Crippen LogP contribution in [0.1, 0.15) is 20.3 Å². The molecule has 0 spiro atoms. The molecule has 0 rings (SSSR count). The van der Waals surface area contributed by atoms with Gasteiger partial charge in [0.05, 0.1) is 6.54 Å². The summed E-state index contributed by atoms with van der Waals surface area (Å²) >= 11 is 0. The van der Waals surface area contributed by atoms with E-state index in [9.17, 15) is 9.59 Å². The topological polar surface area (TPSA) is 58.2 Å². The standard InChI is InChI=1S/C9H16N2O2/c1-3-5-8(4-2)11-9(13)6-10-7-12/h3,5,7-8H,4,6H2,1-2H3,(H,10,12)(H,11,13). The predicted molar refractivity (Wildman–Crippen MR) is 51.1 cm³/mol. The van der Waals surface area contributed by atoms with Gasteiger partial charge in [0.2, 0.25) is 12.3 Å². The van der Waals surface area contributed by atoms with Crippen molar-refractivity contribution in [3.05, 3.63) is 12.2 Å². The molecule has 0 heterocycles. The lowest BCUT2D eigenvalue weighted by Crippen LogP contribution is -2.38. The lowest BCUT2D eigenvalue weighted by Gasteiger charge is -2.11. The van der Waals surface area contributed by atoms with Gasteiger partial charge in [0.25, 0.3) is 0 Å². The first-order valence-corrected chi connectivity index (χ1v) is 4.33. The summed E-state index contributed by atoms with van der Waals surface area (Å²) in [7, 11) is 0. The highest BCUT2D eigenvalue weighted by Gasteiger charge is 2.05. The fourth-order valence-electron chi connectivity index (χ4n) is 0.911. The van der Waals surface area contributed by atoms with E-state index >= 15 is 0 Å². The van der Waals surface area contributed by atoms with Gasteiger partial charge in [-0.25, -0.2) is 0 Å². The monoisotopic (exact) mass is 184 g/mol. The molecule has 0 aliphatic carbocycles. The summed E-state index contributed by atoms with van der Waals surface area (Å²) in [5, 5.41) is 5.06. The molecular weight excluding hydrogens is 168 g/mol. The van der Waals surface area contributed by atoms with E-state index in [-0.39, 0.29) is 18.5 Å². The lowest BCUT2D eigenvalue weighted by molar-refractivity contribution is -0.122. The minimum Gasteiger partial charge on any atom is -0.350 e. The summed E-state index contributed by atoms with van der Waals surface area (Å²) in [5.41, 5.74) is 0. The van der Waals surface area contributed by atoms with Crippen molar-refractivity contribution < 1.29 is 9.59 Å². The molecular formula is C9H16N2O2. The van der Waals surface area contributed by atoms with Gasteiger partial charge in [-0.15, -0.1) is 0 Å². The van der Waals surface area contributed by atoms with E-state index < -0.39 is 0 Å². The smallest absolute Gasteiger partial charge is 0.239 e. The molecule has 0 bridgehead atoms. The molecule has 2 amide bonds. The van der Waals surface area contributed by atoms with E-state index in [1.807, 2.05) is 26.0 Å². The summed E-state index contributed by atoms with van der Waals surface area (Å²) in [5.74, 6) is -0.169. The van der Waals surface area contributed by atoms with Gasteiger partial charge >= 0.3 is 0 Å². The molecule has 4 heteroatoms. The fraction of sp³-hybridized carbons (Fsp3) is 0.556. The third kappa shape index (κ3) is 5.90. The van der Waals surface area contributed by atoms with Crippen LogP contribution in [0.4, 0.5) is 0 Å². The van der Waals surface area contributed by atoms with E-state index in [1.54, 1.807) is 0 Å². The second kappa shape index (κ2) is 7.34. The number of allylic oxidation sites excluding steroid dienone is 1. The Labute approximate surface area is 78.4 Å². The fourth-order valence-corrected chi connectivity index (χ4v) is 0.911. The SMILES string of the molecule is CC=CC(CC)NC(=O)CNC=O. The van der Waals surface area contributed by atoms with Gasteiger partial charge in [0.15, 0.2) is 0 Å². The van der Waals surface area contributed by atoms with Crippen LogP contribution in [0.5, 0.6) is 0 Å². The van der Waals surface area contributed by atoms with Crippen molar-refractivity contribution in [2.45, 2.75) is 26.3 Å². The van der Waals surface area contributed by atoms with Crippen LogP contribution < -0.4 is 10.6 Å². The van der Waals surface area contributed by atoms with E-state index in [2.05, 4.69) is 10.6 Å². The maximum absolute atomic E-state index is 11.1. The van der Waals surface area contributed by atoms with Crippen LogP contribution in [0.3, 0.4) is 0 Å². The maximum atomic E-state index is 11.1. The minimum absolute atomic E-state index is 0.0392. The molecule has 0 aromatic carbocycles. The van der Waals surface area contributed by atoms with E-state index in [0.717, 1.165) is 6.42 Å². The summed E-state index contributed by atoms with van der Waals surface area (Å²) in [6, 6.07) is 0.0611. The number of nitrogens with one attached hydrogen (secondary N) is 2. The Morgan fingerprint density at radius 1 is 1.54 bits per heavy atom. The second-order valence-corrected chi connectivity index (χ2v) is 2.61. The molecule has 0 aliphatic heterocycles. The minimum atomic E-state index is -0.169. The van der Waals surface area contributed by atoms with Crippen LogP contribution in [-0.4, -0.2) is 24.9 Å². The zero-order chi connectivity index (χ0) is 10.1. The van der Waals surface area contributed by atoms with Crippen LogP contribution in [0.2, 0.25) is 0 Å². The van der Waals surface area contributed by atoms with Crippen molar-refractivity contribution in [1.82, 2.24) is 10.6 Å². The van der Waals surface area contributed by atoms with Gasteiger partial charge < -0.3 is 10.6 Å². The molecule has 1 atom stereocenters. The van der Waals surface area contributed by atoms with Crippen molar-refractivity contribution in [3.8, 4) is 0 Å². The zero-order valence-corrected chi connectivity index (χ0v) is 8.04. The third-order valence-electron chi connectivity index (χ3n) is 1.56. The van der Waals surface area contributed by atoms with Gasteiger partial charge in [-0.3, -0.25) is 9.59 Å². The highest BCUT2D eigenvalue weighted by Crippen LogP contribution is 1.92. The van der Waals surface area contributed by atoms with Gasteiger partial charge in [0.1, 0.15) is 0 Å². The second-order valence-electron chi connectivity index (χ2n) is 2.61. The highest BCUT2D eigenvalue weighted by molar-refractivity contribution is 5.80. The molecule has 0 aromatic heterocycles. The molecule has 2 N–H and O–H groups in total. The summed E-state index contributed by atoms with van der Waals surface area (Å²) in [6.45, 7) is 3.92. The van der Waals surface area contributed by atoms with Crippen LogP contribution in [-0.2, 0) is 9.59 Å². The predicted octanol–water partition coefficient (Wildman–Crippen LogP) is 0.203. The van der Waals surface area contributed by atoms with Crippen molar-refractivity contribution in [2.75, 3.05) is 6.54 Å². The summed E-state index contributed by atoms with van der Waals surface area (Å²) < 4.78 is 0. The molecule has 0 aromatic rings. The molecule has 0 saturated carbocycles. The lowest BCUT2D eigenvalue weighted by atomic mass is 10.2. The molecule has 74 valence electrons. The Bertz CT molecular complexity index is 190. The van der Waals surface area contributed by atoms with Crippen molar-refractivity contribution in [2.24, 2.45) is 0 Å². The van der Waals surface area contributed by atoms with E-state index in [4.69, 9.17) is 0 Å². The highest BCUT2D eigenvalue weighted by atomic mass is 16.2. The van der Waals surface area contributed by atoms with Crippen molar-refractivity contribution >= 4 is 12.3 Å². The Morgan fingerprint density at radius 2 is 2.23 bits per heavy atom. The van der Waals surface area contributed by atoms with Gasteiger partial charge in [-0.2, -0.15) is 0 Å². The summed E-state index contributed by atoms with van der Waals surface area (Å²) in [6.07, 6.45) is 5.16. The first-order chi connectivity index (χ1) is 6.24. The average Bonchev–Trinajstić information content (AvgIpc) is 2.14. The first kappa shape index (κ1) is 11.7. The molecule has 1 unspecified atom stereocenters. The average molecular weight is 184 g/mol. The molecule has 4 nitrogen and oxygen atoms in total. The normalized spacial score (nSPS) is 12.5. The largest absolute Gasteiger partial charge is 0.350 e. The van der Waals surface area contributed by atoms with Gasteiger partial charge in [0, 0.05) is 6.04 Å². The van der Waals surface area contributed by atoms with Gasteiger partial charge in [-0.1, -0.05) is 19.1 Å². The number of carbonyl (C=O) groups is 2. The van der Waals surface area contributed by atoms with Crippen molar-refractivity contribution in [1.29, 1.82) is 0 Å². The van der Waals surface area contributed by atoms with Crippen LogP contribution in [0.25, 0.3) is 0 Å². The number of hydrogen-bond acceptors (Lipinski definition) is 2. The zero-order valence-electron chi connectivity index (χ0n) is 8.04. The van der Waals surface area contributed by atoms with E-state index in [1.165, 1.54) is 0 Å². The molecule has 13 heavy (non-hydrogen) atoms. The van der Waals surface area contributed by atoms with E-state index in [0.29, 0.717) is 6.41 Å². The van der Waals surface area contributed by atoms with Gasteiger partial charge in [-0.05, 0) is 13.3 Å². The number of hydrogen-bond donors (Lipinski definition) is 2. The number of carbonyl (C=O) groups excluding carboxylic acids is 2. The molecule has 0 fully saturated rings. The maximum Gasteiger partial charge on any atom is 0.239 e. The summed E-state index contributed by atoms with van der Waals surface area (Å²) in [4.78, 5) is 21.0. The molecule has 0 saturated heterocycles. The number of amides is 2. The van der Waals surface area contributed by atoms with Crippen LogP contribution in [0.15, 0.2) is 12.2 Å². The Kier molecular flexibility index (Phi) is 6.59.